The van der Waals surface area contributed by atoms with Crippen LogP contribution in [-0.2, 0) is 6.42 Å². The Hall–Kier alpha value is -1.63. The molecule has 0 atom stereocenters. The zero-order valence-corrected chi connectivity index (χ0v) is 10.3. The molecule has 0 aliphatic carbocycles. The van der Waals surface area contributed by atoms with E-state index in [1.54, 1.807) is 12.1 Å². The Balaban J connectivity index is 2.38. The van der Waals surface area contributed by atoms with E-state index >= 15 is 0 Å². The van der Waals surface area contributed by atoms with E-state index in [1.807, 2.05) is 36.4 Å². The highest BCUT2D eigenvalue weighted by atomic mass is 19.1. The van der Waals surface area contributed by atoms with Gasteiger partial charge in [-0.3, -0.25) is 0 Å². The maximum absolute atomic E-state index is 13.9. The Labute approximate surface area is 102 Å². The lowest BCUT2D eigenvalue weighted by molar-refractivity contribution is 0.607. The molecule has 0 aliphatic rings. The first-order valence-corrected chi connectivity index (χ1v) is 5.99. The quantitative estimate of drug-likeness (QED) is 0.723. The molecule has 0 N–H and O–H groups in total. The maximum atomic E-state index is 13.9. The van der Waals surface area contributed by atoms with Crippen LogP contribution in [0.25, 0.3) is 0 Å². The number of hydrogen-bond acceptors (Lipinski definition) is 0. The molecule has 0 nitrogen and oxygen atoms in total. The SMILES string of the molecule is CC(C)c1cccc(F)c1Cc1ccccc1. The molecule has 0 aromatic heterocycles. The van der Waals surface area contributed by atoms with Crippen LogP contribution in [0.4, 0.5) is 4.39 Å². The summed E-state index contributed by atoms with van der Waals surface area (Å²) < 4.78 is 13.9. The summed E-state index contributed by atoms with van der Waals surface area (Å²) in [5.41, 5.74) is 3.09. The average molecular weight is 228 g/mol. The number of benzene rings is 2. The van der Waals surface area contributed by atoms with Gasteiger partial charge in [0.2, 0.25) is 0 Å². The monoisotopic (exact) mass is 228 g/mol. The van der Waals surface area contributed by atoms with Gasteiger partial charge >= 0.3 is 0 Å². The van der Waals surface area contributed by atoms with Crippen LogP contribution in [0.1, 0.15) is 36.5 Å². The predicted octanol–water partition coefficient (Wildman–Crippen LogP) is 4.54. The van der Waals surface area contributed by atoms with Crippen molar-refractivity contribution in [2.45, 2.75) is 26.2 Å². The molecule has 0 fully saturated rings. The molecule has 2 aromatic carbocycles. The van der Waals surface area contributed by atoms with E-state index in [2.05, 4.69) is 13.8 Å². The van der Waals surface area contributed by atoms with Gasteiger partial charge in [0, 0.05) is 6.42 Å². The standard InChI is InChI=1S/C16H17F/c1-12(2)14-9-6-10-16(17)15(14)11-13-7-4-3-5-8-13/h3-10,12H,11H2,1-2H3. The molecular weight excluding hydrogens is 211 g/mol. The summed E-state index contributed by atoms with van der Waals surface area (Å²) in [6, 6.07) is 15.4. The molecule has 0 heterocycles. The molecule has 0 unspecified atom stereocenters. The van der Waals surface area contributed by atoms with Gasteiger partial charge in [-0.05, 0) is 28.7 Å². The Morgan fingerprint density at radius 2 is 1.65 bits per heavy atom. The Bertz CT molecular complexity index is 486. The number of halogens is 1. The van der Waals surface area contributed by atoms with E-state index in [0.717, 1.165) is 16.7 Å². The Morgan fingerprint density at radius 1 is 0.941 bits per heavy atom. The molecule has 2 rings (SSSR count). The summed E-state index contributed by atoms with van der Waals surface area (Å²) in [6.45, 7) is 4.20. The van der Waals surface area contributed by atoms with Crippen LogP contribution < -0.4 is 0 Å². The lowest BCUT2D eigenvalue weighted by Gasteiger charge is -2.13. The third kappa shape index (κ3) is 2.73. The van der Waals surface area contributed by atoms with Gasteiger partial charge in [0.25, 0.3) is 0 Å². The first kappa shape index (κ1) is 11.8. The number of hydrogen-bond donors (Lipinski definition) is 0. The van der Waals surface area contributed by atoms with Crippen molar-refractivity contribution in [3.05, 3.63) is 71.0 Å². The molecule has 88 valence electrons. The maximum Gasteiger partial charge on any atom is 0.127 e. The largest absolute Gasteiger partial charge is 0.207 e. The van der Waals surface area contributed by atoms with Crippen LogP contribution >= 0.6 is 0 Å². The molecule has 0 saturated carbocycles. The highest BCUT2D eigenvalue weighted by Gasteiger charge is 2.11. The van der Waals surface area contributed by atoms with Crippen LogP contribution in [0.5, 0.6) is 0 Å². The van der Waals surface area contributed by atoms with Crippen molar-refractivity contribution in [1.29, 1.82) is 0 Å². The van der Waals surface area contributed by atoms with Gasteiger partial charge in [-0.15, -0.1) is 0 Å². The van der Waals surface area contributed by atoms with Crippen molar-refractivity contribution >= 4 is 0 Å². The molecule has 0 saturated heterocycles. The van der Waals surface area contributed by atoms with Gasteiger partial charge in [-0.25, -0.2) is 4.39 Å². The van der Waals surface area contributed by atoms with E-state index < -0.39 is 0 Å². The first-order valence-electron chi connectivity index (χ1n) is 5.99. The average Bonchev–Trinajstić information content (AvgIpc) is 2.33. The third-order valence-corrected chi connectivity index (χ3v) is 3.00. The minimum atomic E-state index is -0.0972. The van der Waals surface area contributed by atoms with Crippen molar-refractivity contribution in [3.8, 4) is 0 Å². The molecule has 0 aliphatic heterocycles. The molecule has 0 spiro atoms. The highest BCUT2D eigenvalue weighted by molar-refractivity contribution is 5.35. The van der Waals surface area contributed by atoms with Gasteiger partial charge in [0.05, 0.1) is 0 Å². The van der Waals surface area contributed by atoms with Gasteiger partial charge in [-0.2, -0.15) is 0 Å². The Kier molecular flexibility index (Phi) is 3.58. The zero-order chi connectivity index (χ0) is 12.3. The van der Waals surface area contributed by atoms with Gasteiger partial charge in [-0.1, -0.05) is 56.3 Å². The molecule has 0 bridgehead atoms. The smallest absolute Gasteiger partial charge is 0.127 e. The van der Waals surface area contributed by atoms with Crippen molar-refractivity contribution < 1.29 is 4.39 Å². The molecule has 0 radical (unpaired) electrons. The summed E-state index contributed by atoms with van der Waals surface area (Å²) in [7, 11) is 0. The molecule has 0 amide bonds. The van der Waals surface area contributed by atoms with E-state index in [9.17, 15) is 4.39 Å². The highest BCUT2D eigenvalue weighted by Crippen LogP contribution is 2.24. The zero-order valence-electron chi connectivity index (χ0n) is 10.3. The van der Waals surface area contributed by atoms with E-state index in [0.29, 0.717) is 12.3 Å². The van der Waals surface area contributed by atoms with Gasteiger partial charge in [0.1, 0.15) is 5.82 Å². The topological polar surface area (TPSA) is 0 Å². The fourth-order valence-electron chi connectivity index (χ4n) is 2.10. The van der Waals surface area contributed by atoms with Crippen LogP contribution in [-0.4, -0.2) is 0 Å². The second-order valence-electron chi connectivity index (χ2n) is 4.62. The van der Waals surface area contributed by atoms with Gasteiger partial charge < -0.3 is 0 Å². The fourth-order valence-corrected chi connectivity index (χ4v) is 2.10. The van der Waals surface area contributed by atoms with E-state index in [4.69, 9.17) is 0 Å². The summed E-state index contributed by atoms with van der Waals surface area (Å²) >= 11 is 0. The lowest BCUT2D eigenvalue weighted by atomic mass is 9.92. The van der Waals surface area contributed by atoms with Crippen molar-refractivity contribution in [1.82, 2.24) is 0 Å². The number of rotatable bonds is 3. The summed E-state index contributed by atoms with van der Waals surface area (Å²) in [5, 5.41) is 0. The summed E-state index contributed by atoms with van der Waals surface area (Å²) in [5.74, 6) is 0.254. The Morgan fingerprint density at radius 3 is 2.29 bits per heavy atom. The minimum Gasteiger partial charge on any atom is -0.207 e. The second kappa shape index (κ2) is 5.13. The van der Waals surface area contributed by atoms with Gasteiger partial charge in [0.15, 0.2) is 0 Å². The van der Waals surface area contributed by atoms with Crippen molar-refractivity contribution in [3.63, 3.8) is 0 Å². The second-order valence-corrected chi connectivity index (χ2v) is 4.62. The van der Waals surface area contributed by atoms with Crippen molar-refractivity contribution in [2.75, 3.05) is 0 Å². The predicted molar refractivity (Wildman–Crippen MR) is 69.7 cm³/mol. The molecule has 17 heavy (non-hydrogen) atoms. The van der Waals surface area contributed by atoms with Crippen LogP contribution in [0.3, 0.4) is 0 Å². The minimum absolute atomic E-state index is 0.0972. The molecular formula is C16H17F. The van der Waals surface area contributed by atoms with Crippen molar-refractivity contribution in [2.24, 2.45) is 0 Å². The fraction of sp³-hybridized carbons (Fsp3) is 0.250. The third-order valence-electron chi connectivity index (χ3n) is 3.00. The summed E-state index contributed by atoms with van der Waals surface area (Å²) in [6.07, 6.45) is 0.668. The first-order chi connectivity index (χ1) is 8.18. The lowest BCUT2D eigenvalue weighted by Crippen LogP contribution is -2.01. The molecule has 1 heteroatoms. The molecule has 2 aromatic rings. The van der Waals surface area contributed by atoms with Crippen LogP contribution in [0, 0.1) is 5.82 Å². The summed E-state index contributed by atoms with van der Waals surface area (Å²) in [4.78, 5) is 0. The van der Waals surface area contributed by atoms with Crippen LogP contribution in [0.15, 0.2) is 48.5 Å². The van der Waals surface area contributed by atoms with E-state index in [-0.39, 0.29) is 5.82 Å². The van der Waals surface area contributed by atoms with E-state index in [1.165, 1.54) is 0 Å². The van der Waals surface area contributed by atoms with Crippen LogP contribution in [0.2, 0.25) is 0 Å². The normalized spacial score (nSPS) is 10.8.